The normalized spacial score (nSPS) is 15.3. The molecule has 2 rings (SSSR count). The van der Waals surface area contributed by atoms with E-state index in [4.69, 9.17) is 10.5 Å². The second-order valence-electron chi connectivity index (χ2n) is 6.83. The molecule has 0 aliphatic carbocycles. The number of unbranched alkanes of at least 4 members (excludes halogenated alkanes) is 1. The van der Waals surface area contributed by atoms with Gasteiger partial charge in [-0.15, -0.1) is 18.3 Å². The minimum absolute atomic E-state index is 0.0654. The monoisotopic (exact) mass is 448 g/mol. The third kappa shape index (κ3) is 14.5. The molecule has 1 aliphatic rings. The Labute approximate surface area is 192 Å². The Balaban J connectivity index is 0.000000515. The molecule has 0 saturated heterocycles. The zero-order valence-electron chi connectivity index (χ0n) is 19.6. The first-order valence-corrected chi connectivity index (χ1v) is 12.0. The predicted octanol–water partition coefficient (Wildman–Crippen LogP) is 5.68. The van der Waals surface area contributed by atoms with Gasteiger partial charge in [0.1, 0.15) is 6.67 Å². The number of esters is 1. The highest BCUT2D eigenvalue weighted by Crippen LogP contribution is 2.28. The summed E-state index contributed by atoms with van der Waals surface area (Å²) in [6.45, 7) is 13.1. The highest BCUT2D eigenvalue weighted by Gasteiger charge is 2.11. The molecular formula is C24H40N4O2S. The molecule has 1 aromatic rings. The van der Waals surface area contributed by atoms with E-state index in [0.29, 0.717) is 25.7 Å². The zero-order valence-corrected chi connectivity index (χ0v) is 20.4. The molecule has 1 atom stereocenters. The standard InChI is InChI=1S/C11H14N4S.C8H16O2.C5H10/c12-6-9-1-2-11-10(5-9)15-7-13-3-4-14-8-16-11;1-4-6-7(3)8(9)10-5-2;1-3-5-4-2/h1-5,15H,6-8,12H2;7H,4-6H2,1-3H3;3H,1,4-5H2,2H3/b13-3-,14-4-;;. The topological polar surface area (TPSA) is 89.1 Å². The molecule has 0 aromatic heterocycles. The number of benzene rings is 1. The Kier molecular flexibility index (Phi) is 18.5. The summed E-state index contributed by atoms with van der Waals surface area (Å²) in [5, 5.41) is 3.27. The fourth-order valence-electron chi connectivity index (χ4n) is 2.44. The Morgan fingerprint density at radius 2 is 2.03 bits per heavy atom. The first-order valence-electron chi connectivity index (χ1n) is 11.0. The Morgan fingerprint density at radius 3 is 2.61 bits per heavy atom. The fourth-order valence-corrected chi connectivity index (χ4v) is 3.19. The van der Waals surface area contributed by atoms with Crippen LogP contribution in [0, 0.1) is 5.92 Å². The van der Waals surface area contributed by atoms with E-state index in [1.165, 1.54) is 11.3 Å². The number of anilines is 1. The molecule has 0 amide bonds. The molecule has 31 heavy (non-hydrogen) atoms. The summed E-state index contributed by atoms with van der Waals surface area (Å²) >= 11 is 1.70. The summed E-state index contributed by atoms with van der Waals surface area (Å²) in [7, 11) is 0. The quantitative estimate of drug-likeness (QED) is 0.414. The summed E-state index contributed by atoms with van der Waals surface area (Å²) < 4.78 is 4.82. The number of hydrogen-bond acceptors (Lipinski definition) is 7. The molecule has 0 fully saturated rings. The van der Waals surface area contributed by atoms with E-state index in [-0.39, 0.29) is 11.9 Å². The molecule has 0 saturated carbocycles. The van der Waals surface area contributed by atoms with E-state index in [0.717, 1.165) is 30.5 Å². The molecular weight excluding hydrogens is 408 g/mol. The van der Waals surface area contributed by atoms with Crippen LogP contribution in [-0.4, -0.2) is 37.6 Å². The Bertz CT molecular complexity index is 678. The van der Waals surface area contributed by atoms with Crippen molar-refractivity contribution in [2.75, 3.05) is 24.5 Å². The van der Waals surface area contributed by atoms with E-state index in [1.54, 1.807) is 24.2 Å². The van der Waals surface area contributed by atoms with Gasteiger partial charge in [0.2, 0.25) is 0 Å². The average Bonchev–Trinajstić information content (AvgIpc) is 2.78. The maximum atomic E-state index is 10.9. The summed E-state index contributed by atoms with van der Waals surface area (Å²) in [5.41, 5.74) is 7.83. The average molecular weight is 449 g/mol. The molecule has 3 N–H and O–H groups in total. The van der Waals surface area contributed by atoms with Gasteiger partial charge in [-0.3, -0.25) is 14.8 Å². The molecule has 1 aliphatic heterocycles. The molecule has 1 heterocycles. The Morgan fingerprint density at radius 1 is 1.29 bits per heavy atom. The number of allylic oxidation sites excluding steroid dienone is 1. The number of rotatable bonds is 7. The largest absolute Gasteiger partial charge is 0.466 e. The fraction of sp³-hybridized carbons (Fsp3) is 0.542. The number of carbonyl (C=O) groups is 1. The summed E-state index contributed by atoms with van der Waals surface area (Å²) in [6, 6.07) is 6.20. The van der Waals surface area contributed by atoms with Crippen molar-refractivity contribution in [2.45, 2.75) is 64.8 Å². The maximum absolute atomic E-state index is 10.9. The number of carbonyl (C=O) groups excluding carboxylic acids is 1. The van der Waals surface area contributed by atoms with Crippen LogP contribution in [0.5, 0.6) is 0 Å². The number of thioether (sulfide) groups is 1. The number of nitrogens with zero attached hydrogens (tertiary/aromatic N) is 2. The highest BCUT2D eigenvalue weighted by molar-refractivity contribution is 7.99. The third-order valence-corrected chi connectivity index (χ3v) is 5.06. The van der Waals surface area contributed by atoms with Crippen LogP contribution in [0.2, 0.25) is 0 Å². The van der Waals surface area contributed by atoms with Gasteiger partial charge in [0.05, 0.1) is 18.4 Å². The van der Waals surface area contributed by atoms with Gasteiger partial charge >= 0.3 is 5.97 Å². The van der Waals surface area contributed by atoms with Crippen molar-refractivity contribution in [1.29, 1.82) is 0 Å². The number of nitrogens with two attached hydrogens (primary N) is 1. The van der Waals surface area contributed by atoms with Gasteiger partial charge in [-0.05, 0) is 37.5 Å². The van der Waals surface area contributed by atoms with E-state index in [2.05, 4.69) is 47.9 Å². The summed E-state index contributed by atoms with van der Waals surface area (Å²) in [4.78, 5) is 20.5. The third-order valence-electron chi connectivity index (χ3n) is 4.12. The second kappa shape index (κ2) is 19.8. The van der Waals surface area contributed by atoms with Crippen molar-refractivity contribution in [3.05, 3.63) is 36.4 Å². The van der Waals surface area contributed by atoms with Gasteiger partial charge in [-0.2, -0.15) is 0 Å². The van der Waals surface area contributed by atoms with Gasteiger partial charge in [-0.25, -0.2) is 0 Å². The lowest BCUT2D eigenvalue weighted by molar-refractivity contribution is -0.147. The van der Waals surface area contributed by atoms with Gasteiger partial charge in [0.15, 0.2) is 0 Å². The lowest BCUT2D eigenvalue weighted by atomic mass is 10.1. The van der Waals surface area contributed by atoms with Crippen LogP contribution in [0.3, 0.4) is 0 Å². The predicted molar refractivity (Wildman–Crippen MR) is 136 cm³/mol. The van der Waals surface area contributed by atoms with Crippen molar-refractivity contribution in [2.24, 2.45) is 21.6 Å². The molecule has 7 heteroatoms. The van der Waals surface area contributed by atoms with Crippen LogP contribution in [0.4, 0.5) is 5.69 Å². The molecule has 1 unspecified atom stereocenters. The van der Waals surface area contributed by atoms with Crippen LogP contribution < -0.4 is 11.1 Å². The van der Waals surface area contributed by atoms with Gasteiger partial charge in [0.25, 0.3) is 0 Å². The van der Waals surface area contributed by atoms with Crippen LogP contribution in [-0.2, 0) is 16.1 Å². The van der Waals surface area contributed by atoms with Gasteiger partial charge in [0, 0.05) is 29.6 Å². The SMILES string of the molecule is C=CCCC.CCCC(C)C(=O)OCC.NCc1ccc2c(c1)NC/N=C\C=N/CS2. The van der Waals surface area contributed by atoms with Crippen LogP contribution in [0.15, 0.2) is 45.7 Å². The van der Waals surface area contributed by atoms with Crippen molar-refractivity contribution < 1.29 is 9.53 Å². The number of aliphatic imine (C=N–C) groups is 2. The minimum atomic E-state index is -0.0654. The Hall–Kier alpha value is -2.12. The van der Waals surface area contributed by atoms with Crippen LogP contribution in [0.25, 0.3) is 0 Å². The van der Waals surface area contributed by atoms with Crippen LogP contribution >= 0.6 is 11.8 Å². The minimum Gasteiger partial charge on any atom is -0.466 e. The summed E-state index contributed by atoms with van der Waals surface area (Å²) in [6.07, 6.45) is 9.72. The molecule has 0 radical (unpaired) electrons. The summed E-state index contributed by atoms with van der Waals surface area (Å²) in [5.74, 6) is 0.720. The number of fused-ring (bicyclic) bond motifs is 1. The van der Waals surface area contributed by atoms with Gasteiger partial charge in [-0.1, -0.05) is 45.8 Å². The van der Waals surface area contributed by atoms with Crippen molar-refractivity contribution in [3.63, 3.8) is 0 Å². The maximum Gasteiger partial charge on any atom is 0.308 e. The van der Waals surface area contributed by atoms with Crippen molar-refractivity contribution in [3.8, 4) is 0 Å². The lowest BCUT2D eigenvalue weighted by Crippen LogP contribution is -2.14. The van der Waals surface area contributed by atoms with Gasteiger partial charge < -0.3 is 15.8 Å². The van der Waals surface area contributed by atoms with E-state index < -0.39 is 0 Å². The lowest BCUT2D eigenvalue weighted by Gasteiger charge is -2.11. The zero-order chi connectivity index (χ0) is 23.3. The molecule has 174 valence electrons. The van der Waals surface area contributed by atoms with E-state index >= 15 is 0 Å². The molecule has 0 spiro atoms. The van der Waals surface area contributed by atoms with Crippen molar-refractivity contribution in [1.82, 2.24) is 0 Å². The highest BCUT2D eigenvalue weighted by atomic mass is 32.2. The van der Waals surface area contributed by atoms with E-state index in [9.17, 15) is 4.79 Å². The first-order chi connectivity index (χ1) is 15.0. The smallest absolute Gasteiger partial charge is 0.308 e. The van der Waals surface area contributed by atoms with E-state index in [1.807, 2.05) is 26.0 Å². The molecule has 0 bridgehead atoms. The van der Waals surface area contributed by atoms with Crippen molar-refractivity contribution >= 4 is 35.8 Å². The van der Waals surface area contributed by atoms with Crippen LogP contribution in [0.1, 0.15) is 58.9 Å². The molecule has 6 nitrogen and oxygen atoms in total. The second-order valence-corrected chi connectivity index (χ2v) is 7.81. The number of ether oxygens (including phenoxy) is 1. The molecule has 1 aromatic carbocycles. The first kappa shape index (κ1) is 28.9. The number of nitrogens with one attached hydrogen (secondary N) is 1. The number of hydrogen-bond donors (Lipinski definition) is 2.